The summed E-state index contributed by atoms with van der Waals surface area (Å²) in [5, 5.41) is 12.6. The number of H-pyrrole nitrogens is 1. The predicted molar refractivity (Wildman–Crippen MR) is 100 cm³/mol. The molecule has 2 amide bonds. The van der Waals surface area contributed by atoms with E-state index in [1.54, 1.807) is 6.20 Å². The molecule has 1 fully saturated rings. The van der Waals surface area contributed by atoms with Crippen LogP contribution in [-0.4, -0.2) is 33.8 Å². The zero-order valence-electron chi connectivity index (χ0n) is 15.3. The lowest BCUT2D eigenvalue weighted by Gasteiger charge is -2.35. The second kappa shape index (κ2) is 7.13. The van der Waals surface area contributed by atoms with E-state index in [1.165, 1.54) is 19.3 Å². The van der Waals surface area contributed by atoms with Gasteiger partial charge in [0.25, 0.3) is 0 Å². The van der Waals surface area contributed by atoms with Gasteiger partial charge in [0.05, 0.1) is 29.0 Å². The first-order valence-electron chi connectivity index (χ1n) is 8.78. The summed E-state index contributed by atoms with van der Waals surface area (Å²) >= 11 is 0. The van der Waals surface area contributed by atoms with Crippen molar-refractivity contribution in [3.8, 4) is 0 Å². The number of amides is 2. The predicted octanol–water partition coefficient (Wildman–Crippen LogP) is 3.75. The molecule has 1 atom stereocenters. The van der Waals surface area contributed by atoms with Crippen molar-refractivity contribution in [1.29, 1.82) is 0 Å². The molecular weight excluding hydrogens is 316 g/mol. The number of rotatable bonds is 3. The van der Waals surface area contributed by atoms with E-state index in [0.717, 1.165) is 29.3 Å². The van der Waals surface area contributed by atoms with Gasteiger partial charge in [-0.15, -0.1) is 0 Å². The maximum atomic E-state index is 12.2. The minimum atomic E-state index is -0.298. The van der Waals surface area contributed by atoms with E-state index in [4.69, 9.17) is 0 Å². The minimum Gasteiger partial charge on any atom is -0.354 e. The molecule has 2 aromatic heterocycles. The quantitative estimate of drug-likeness (QED) is 0.793. The summed E-state index contributed by atoms with van der Waals surface area (Å²) in [6.45, 7) is 9.04. The second-order valence-corrected chi connectivity index (χ2v) is 6.79. The van der Waals surface area contributed by atoms with Gasteiger partial charge in [-0.2, -0.15) is 5.10 Å². The highest BCUT2D eigenvalue weighted by Crippen LogP contribution is 2.27. The smallest absolute Gasteiger partial charge is 0.323 e. The number of urea groups is 1. The van der Waals surface area contributed by atoms with Crippen molar-refractivity contribution in [1.82, 2.24) is 15.2 Å². The molecule has 2 aromatic rings. The number of aromatic amines is 1. The molecule has 3 heterocycles. The third kappa shape index (κ3) is 3.75. The molecule has 25 heavy (non-hydrogen) atoms. The Kier molecular flexibility index (Phi) is 4.92. The van der Waals surface area contributed by atoms with Gasteiger partial charge in [0, 0.05) is 12.6 Å². The first-order chi connectivity index (χ1) is 12.0. The summed E-state index contributed by atoms with van der Waals surface area (Å²) in [6.07, 6.45) is 5.41. The Morgan fingerprint density at radius 1 is 1.28 bits per heavy atom. The van der Waals surface area contributed by atoms with Gasteiger partial charge < -0.3 is 15.5 Å². The van der Waals surface area contributed by atoms with Crippen LogP contribution in [0.25, 0.3) is 0 Å². The zero-order valence-corrected chi connectivity index (χ0v) is 15.3. The van der Waals surface area contributed by atoms with E-state index in [-0.39, 0.29) is 6.03 Å². The van der Waals surface area contributed by atoms with Crippen molar-refractivity contribution in [3.63, 3.8) is 0 Å². The zero-order chi connectivity index (χ0) is 18.0. The monoisotopic (exact) mass is 342 g/mol. The molecule has 0 aromatic carbocycles. The molecule has 0 bridgehead atoms. The second-order valence-electron chi connectivity index (χ2n) is 6.79. The number of aromatic nitrogens is 3. The molecule has 1 aliphatic heterocycles. The van der Waals surface area contributed by atoms with Crippen molar-refractivity contribution < 1.29 is 4.79 Å². The molecular formula is C18H26N6O. The van der Waals surface area contributed by atoms with Gasteiger partial charge in [0.2, 0.25) is 0 Å². The third-order valence-corrected chi connectivity index (χ3v) is 4.75. The molecule has 134 valence electrons. The fourth-order valence-electron chi connectivity index (χ4n) is 3.36. The Morgan fingerprint density at radius 2 is 2.08 bits per heavy atom. The summed E-state index contributed by atoms with van der Waals surface area (Å²) in [5.41, 5.74) is 4.05. The number of anilines is 3. The SMILES string of the molecule is Cc1cc(NC(=O)Nc2c(C)n[nH]c2C)cnc1N1CCCCC1C. The summed E-state index contributed by atoms with van der Waals surface area (Å²) in [6, 6.07) is 2.18. The van der Waals surface area contributed by atoms with Gasteiger partial charge in [-0.3, -0.25) is 5.10 Å². The van der Waals surface area contributed by atoms with Gasteiger partial charge in [-0.25, -0.2) is 9.78 Å². The number of carbonyl (C=O) groups excluding carboxylic acids is 1. The molecule has 0 aliphatic carbocycles. The Morgan fingerprint density at radius 3 is 2.72 bits per heavy atom. The van der Waals surface area contributed by atoms with Gasteiger partial charge in [0.1, 0.15) is 5.82 Å². The molecule has 1 aliphatic rings. The molecule has 3 N–H and O–H groups in total. The molecule has 1 saturated heterocycles. The van der Waals surface area contributed by atoms with Crippen LogP contribution in [0.15, 0.2) is 12.3 Å². The lowest BCUT2D eigenvalue weighted by atomic mass is 10.0. The number of aryl methyl sites for hydroxylation is 3. The van der Waals surface area contributed by atoms with E-state index in [2.05, 4.69) is 37.6 Å². The molecule has 1 unspecified atom stereocenters. The fraction of sp³-hybridized carbons (Fsp3) is 0.500. The first-order valence-corrected chi connectivity index (χ1v) is 8.78. The third-order valence-electron chi connectivity index (χ3n) is 4.75. The summed E-state index contributed by atoms with van der Waals surface area (Å²) in [5.74, 6) is 1.01. The highest BCUT2D eigenvalue weighted by molar-refractivity contribution is 6.00. The maximum absolute atomic E-state index is 12.2. The van der Waals surface area contributed by atoms with Crippen LogP contribution in [0.2, 0.25) is 0 Å². The van der Waals surface area contributed by atoms with Crippen LogP contribution in [0.3, 0.4) is 0 Å². The van der Waals surface area contributed by atoms with E-state index in [1.807, 2.05) is 26.8 Å². The topological polar surface area (TPSA) is 85.9 Å². The molecule has 3 rings (SSSR count). The lowest BCUT2D eigenvalue weighted by Crippen LogP contribution is -2.38. The number of pyridine rings is 1. The van der Waals surface area contributed by atoms with E-state index in [0.29, 0.717) is 17.4 Å². The lowest BCUT2D eigenvalue weighted by molar-refractivity contribution is 0.262. The van der Waals surface area contributed by atoms with Gasteiger partial charge in [-0.05, 0) is 58.6 Å². The van der Waals surface area contributed by atoms with Gasteiger partial charge in [-0.1, -0.05) is 0 Å². The van der Waals surface area contributed by atoms with Crippen LogP contribution in [0.1, 0.15) is 43.1 Å². The van der Waals surface area contributed by atoms with Crippen LogP contribution in [0, 0.1) is 20.8 Å². The van der Waals surface area contributed by atoms with Crippen LogP contribution in [-0.2, 0) is 0 Å². The molecule has 0 radical (unpaired) electrons. The number of hydrogen-bond donors (Lipinski definition) is 3. The maximum Gasteiger partial charge on any atom is 0.323 e. The van der Waals surface area contributed by atoms with E-state index < -0.39 is 0 Å². The first kappa shape index (κ1) is 17.3. The van der Waals surface area contributed by atoms with Crippen molar-refractivity contribution >= 4 is 23.2 Å². The van der Waals surface area contributed by atoms with Crippen molar-refractivity contribution in [2.45, 2.75) is 53.0 Å². The molecule has 0 spiro atoms. The minimum absolute atomic E-state index is 0.298. The van der Waals surface area contributed by atoms with Crippen LogP contribution in [0.5, 0.6) is 0 Å². The Balaban J connectivity index is 1.69. The van der Waals surface area contributed by atoms with Gasteiger partial charge >= 0.3 is 6.03 Å². The van der Waals surface area contributed by atoms with E-state index >= 15 is 0 Å². The van der Waals surface area contributed by atoms with Crippen molar-refractivity contribution in [2.24, 2.45) is 0 Å². The summed E-state index contributed by atoms with van der Waals surface area (Å²) < 4.78 is 0. The van der Waals surface area contributed by atoms with E-state index in [9.17, 15) is 4.79 Å². The Hall–Kier alpha value is -2.57. The standard InChI is InChI=1S/C18H26N6O/c1-11-9-15(10-19-17(11)24-8-6-5-7-12(24)2)20-18(25)21-16-13(3)22-23-14(16)4/h9-10,12H,5-8H2,1-4H3,(H,22,23)(H2,20,21,25). The van der Waals surface area contributed by atoms with Gasteiger partial charge in [0.15, 0.2) is 0 Å². The average Bonchev–Trinajstić information content (AvgIpc) is 2.88. The summed E-state index contributed by atoms with van der Waals surface area (Å²) in [7, 11) is 0. The Bertz CT molecular complexity index is 749. The number of hydrogen-bond acceptors (Lipinski definition) is 4. The highest BCUT2D eigenvalue weighted by atomic mass is 16.2. The van der Waals surface area contributed by atoms with Crippen molar-refractivity contribution in [3.05, 3.63) is 29.2 Å². The van der Waals surface area contributed by atoms with Crippen molar-refractivity contribution in [2.75, 3.05) is 22.1 Å². The Labute approximate surface area is 148 Å². The summed E-state index contributed by atoms with van der Waals surface area (Å²) in [4.78, 5) is 19.2. The van der Waals surface area contributed by atoms with Crippen LogP contribution >= 0.6 is 0 Å². The number of carbonyl (C=O) groups is 1. The van der Waals surface area contributed by atoms with Crippen LogP contribution in [0.4, 0.5) is 22.0 Å². The molecule has 7 nitrogen and oxygen atoms in total. The fourth-order valence-corrected chi connectivity index (χ4v) is 3.36. The molecule has 0 saturated carbocycles. The highest BCUT2D eigenvalue weighted by Gasteiger charge is 2.21. The number of nitrogens with one attached hydrogen (secondary N) is 3. The number of nitrogens with zero attached hydrogens (tertiary/aromatic N) is 3. The average molecular weight is 342 g/mol. The van der Waals surface area contributed by atoms with Crippen LogP contribution < -0.4 is 15.5 Å². The number of piperidine rings is 1. The normalized spacial score (nSPS) is 17.4. The largest absolute Gasteiger partial charge is 0.354 e. The molecule has 7 heteroatoms.